The van der Waals surface area contributed by atoms with Gasteiger partial charge in [0.2, 0.25) is 0 Å². The number of amidine groups is 2. The second-order valence-corrected chi connectivity index (χ2v) is 5.68. The van der Waals surface area contributed by atoms with E-state index in [9.17, 15) is 4.79 Å². The van der Waals surface area contributed by atoms with Crippen molar-refractivity contribution in [2.75, 3.05) is 7.11 Å². The van der Waals surface area contributed by atoms with Crippen LogP contribution in [0.25, 0.3) is 0 Å². The van der Waals surface area contributed by atoms with E-state index in [1.807, 2.05) is 0 Å². The van der Waals surface area contributed by atoms with Crippen LogP contribution in [0.5, 0.6) is 0 Å². The zero-order chi connectivity index (χ0) is 17.1. The molecule has 0 bridgehead atoms. The lowest BCUT2D eigenvalue weighted by Gasteiger charge is -2.27. The summed E-state index contributed by atoms with van der Waals surface area (Å²) in [5.41, 5.74) is 4.30. The molecular weight excluding hydrogens is 351 g/mol. The summed E-state index contributed by atoms with van der Waals surface area (Å²) in [5.74, 6) is 0.700. The molecule has 1 aliphatic rings. The third-order valence-corrected chi connectivity index (χ3v) is 3.76. The number of benzene rings is 2. The number of carbonyl (C=O) groups excluding carboxylic acids is 1. The van der Waals surface area contributed by atoms with Crippen LogP contribution in [-0.2, 0) is 4.74 Å². The smallest absolute Gasteiger partial charge is 0.434 e. The predicted molar refractivity (Wildman–Crippen MR) is 93.4 cm³/mol. The molecule has 0 unspecified atom stereocenters. The van der Waals surface area contributed by atoms with Crippen LogP contribution in [-0.4, -0.2) is 29.9 Å². The topological polar surface area (TPSA) is 66.3 Å². The van der Waals surface area contributed by atoms with Crippen LogP contribution in [0.15, 0.2) is 58.7 Å². The molecule has 8 heteroatoms. The van der Waals surface area contributed by atoms with E-state index in [0.717, 1.165) is 5.56 Å². The van der Waals surface area contributed by atoms with Gasteiger partial charge in [-0.15, -0.1) is 10.2 Å². The van der Waals surface area contributed by atoms with Crippen molar-refractivity contribution in [1.82, 2.24) is 10.4 Å². The summed E-state index contributed by atoms with van der Waals surface area (Å²) < 4.78 is 4.81. The molecule has 0 aliphatic carbocycles. The SMILES string of the molecule is COC(=O)N1NC(c2ccc(Cl)cc2)=NN=C1c1ccc(Cl)cc1. The number of methoxy groups -OCH3 is 1. The Labute approximate surface area is 148 Å². The van der Waals surface area contributed by atoms with Crippen LogP contribution in [0.1, 0.15) is 11.1 Å². The summed E-state index contributed by atoms with van der Waals surface area (Å²) in [5, 5.41) is 10.7. The lowest BCUT2D eigenvalue weighted by molar-refractivity contribution is 0.139. The molecule has 1 N–H and O–H groups in total. The second-order valence-electron chi connectivity index (χ2n) is 4.80. The van der Waals surface area contributed by atoms with Gasteiger partial charge in [0.15, 0.2) is 11.7 Å². The van der Waals surface area contributed by atoms with Gasteiger partial charge in [-0.25, -0.2) is 4.79 Å². The van der Waals surface area contributed by atoms with Crippen LogP contribution in [0.2, 0.25) is 10.0 Å². The van der Waals surface area contributed by atoms with Gasteiger partial charge >= 0.3 is 6.09 Å². The zero-order valence-electron chi connectivity index (χ0n) is 12.5. The Kier molecular flexibility index (Phi) is 4.69. The fourth-order valence-corrected chi connectivity index (χ4v) is 2.31. The van der Waals surface area contributed by atoms with Crippen LogP contribution in [0.3, 0.4) is 0 Å². The first-order chi connectivity index (χ1) is 11.6. The highest BCUT2D eigenvalue weighted by Gasteiger charge is 2.27. The molecule has 1 amide bonds. The molecule has 3 rings (SSSR count). The van der Waals surface area contributed by atoms with Gasteiger partial charge in [-0.1, -0.05) is 23.2 Å². The largest absolute Gasteiger partial charge is 0.451 e. The van der Waals surface area contributed by atoms with E-state index in [-0.39, 0.29) is 0 Å². The quantitative estimate of drug-likeness (QED) is 0.885. The summed E-state index contributed by atoms with van der Waals surface area (Å²) in [7, 11) is 1.29. The maximum absolute atomic E-state index is 12.1. The van der Waals surface area contributed by atoms with Crippen molar-refractivity contribution in [3.8, 4) is 0 Å². The van der Waals surface area contributed by atoms with E-state index in [2.05, 4.69) is 15.6 Å². The fourth-order valence-electron chi connectivity index (χ4n) is 2.06. The average molecular weight is 363 g/mol. The second kappa shape index (κ2) is 6.90. The first-order valence-corrected chi connectivity index (χ1v) is 7.66. The van der Waals surface area contributed by atoms with Crippen molar-refractivity contribution in [1.29, 1.82) is 0 Å². The van der Waals surface area contributed by atoms with Gasteiger partial charge in [0, 0.05) is 21.2 Å². The Morgan fingerprint density at radius 1 is 0.958 bits per heavy atom. The summed E-state index contributed by atoms with van der Waals surface area (Å²) in [6.07, 6.45) is -0.620. The molecule has 0 aromatic heterocycles. The Hall–Kier alpha value is -2.57. The van der Waals surface area contributed by atoms with Crippen LogP contribution >= 0.6 is 23.2 Å². The minimum Gasteiger partial charge on any atom is -0.451 e. The van der Waals surface area contributed by atoms with Gasteiger partial charge in [0.25, 0.3) is 0 Å². The molecule has 0 saturated carbocycles. The number of amides is 1. The number of rotatable bonds is 2. The van der Waals surface area contributed by atoms with Crippen LogP contribution in [0.4, 0.5) is 4.79 Å². The van der Waals surface area contributed by atoms with E-state index in [1.54, 1.807) is 48.5 Å². The van der Waals surface area contributed by atoms with Gasteiger partial charge in [0.05, 0.1) is 7.11 Å². The van der Waals surface area contributed by atoms with Crippen molar-refractivity contribution < 1.29 is 9.53 Å². The normalized spacial score (nSPS) is 13.7. The van der Waals surface area contributed by atoms with E-state index in [4.69, 9.17) is 27.9 Å². The maximum Gasteiger partial charge on any atom is 0.434 e. The molecule has 1 heterocycles. The number of hydrazine groups is 1. The number of hydrogen-bond donors (Lipinski definition) is 1. The highest BCUT2D eigenvalue weighted by molar-refractivity contribution is 6.31. The molecule has 6 nitrogen and oxygen atoms in total. The molecule has 2 aromatic carbocycles. The summed E-state index contributed by atoms with van der Waals surface area (Å²) in [6.45, 7) is 0. The third kappa shape index (κ3) is 3.34. The predicted octanol–water partition coefficient (Wildman–Crippen LogP) is 3.69. The van der Waals surface area contributed by atoms with Gasteiger partial charge in [0.1, 0.15) is 0 Å². The summed E-state index contributed by atoms with van der Waals surface area (Å²) >= 11 is 11.8. The van der Waals surface area contributed by atoms with Gasteiger partial charge in [-0.3, -0.25) is 5.43 Å². The summed E-state index contributed by atoms with van der Waals surface area (Å²) in [4.78, 5) is 12.1. The molecule has 0 spiro atoms. The first kappa shape index (κ1) is 16.3. The van der Waals surface area contributed by atoms with Crippen LogP contribution in [0, 0.1) is 0 Å². The number of hydrogen-bond acceptors (Lipinski definition) is 5. The van der Waals surface area contributed by atoms with Gasteiger partial charge < -0.3 is 4.74 Å². The number of carbonyl (C=O) groups is 1. The van der Waals surface area contributed by atoms with Gasteiger partial charge in [-0.05, 0) is 48.5 Å². The number of nitrogens with one attached hydrogen (secondary N) is 1. The monoisotopic (exact) mass is 362 g/mol. The summed E-state index contributed by atoms with van der Waals surface area (Å²) in [6, 6.07) is 13.9. The minimum absolute atomic E-state index is 0.302. The highest BCUT2D eigenvalue weighted by Crippen LogP contribution is 2.16. The van der Waals surface area contributed by atoms with Gasteiger partial charge in [-0.2, -0.15) is 5.01 Å². The molecule has 0 radical (unpaired) electrons. The molecule has 0 atom stereocenters. The minimum atomic E-state index is -0.620. The standard InChI is InChI=1S/C16H12Cl2N4O2/c1-24-16(23)22-15(11-4-8-13(18)9-5-11)20-19-14(21-22)10-2-6-12(17)7-3-10/h2-9H,1H3,(H,19,21). The highest BCUT2D eigenvalue weighted by atomic mass is 35.5. The van der Waals surface area contributed by atoms with E-state index >= 15 is 0 Å². The molecule has 24 heavy (non-hydrogen) atoms. The number of ether oxygens (including phenoxy) is 1. The first-order valence-electron chi connectivity index (χ1n) is 6.91. The number of halogens is 2. The molecular formula is C16H12Cl2N4O2. The van der Waals surface area contributed by atoms with Crippen molar-refractivity contribution in [3.05, 3.63) is 69.7 Å². The lowest BCUT2D eigenvalue weighted by Crippen LogP contribution is -2.52. The molecule has 2 aromatic rings. The Bertz CT molecular complexity index is 817. The Morgan fingerprint density at radius 3 is 2.04 bits per heavy atom. The van der Waals surface area contributed by atoms with Crippen molar-refractivity contribution in [2.24, 2.45) is 10.2 Å². The van der Waals surface area contributed by atoms with Crippen molar-refractivity contribution in [2.45, 2.75) is 0 Å². The molecule has 122 valence electrons. The molecule has 0 saturated heterocycles. The van der Waals surface area contributed by atoms with E-state index in [0.29, 0.717) is 27.3 Å². The Morgan fingerprint density at radius 2 is 1.50 bits per heavy atom. The van der Waals surface area contributed by atoms with Crippen molar-refractivity contribution in [3.63, 3.8) is 0 Å². The average Bonchev–Trinajstić information content (AvgIpc) is 2.62. The zero-order valence-corrected chi connectivity index (χ0v) is 14.0. The molecule has 1 aliphatic heterocycles. The number of nitrogens with zero attached hydrogens (tertiary/aromatic N) is 3. The molecule has 0 fully saturated rings. The third-order valence-electron chi connectivity index (χ3n) is 3.25. The van der Waals surface area contributed by atoms with Crippen LogP contribution < -0.4 is 5.43 Å². The van der Waals surface area contributed by atoms with E-state index < -0.39 is 6.09 Å². The Balaban J connectivity index is 2.00. The fraction of sp³-hybridized carbons (Fsp3) is 0.0625. The van der Waals surface area contributed by atoms with Crippen molar-refractivity contribution >= 4 is 41.0 Å². The lowest BCUT2D eigenvalue weighted by atomic mass is 10.2. The van der Waals surface area contributed by atoms with E-state index in [1.165, 1.54) is 12.1 Å². The maximum atomic E-state index is 12.1.